The molecule has 0 atom stereocenters. The molecule has 3 rings (SSSR count). The third-order valence-electron chi connectivity index (χ3n) is 4.37. The molecule has 0 unspecified atom stereocenters. The summed E-state index contributed by atoms with van der Waals surface area (Å²) >= 11 is 0. The molecule has 0 saturated carbocycles. The van der Waals surface area contributed by atoms with Gasteiger partial charge in [-0.3, -0.25) is 9.67 Å². The van der Waals surface area contributed by atoms with Crippen LogP contribution in [0.2, 0.25) is 0 Å². The van der Waals surface area contributed by atoms with E-state index in [1.54, 1.807) is 13.2 Å². The number of aliphatic imine (C=N–C) groups is 1. The van der Waals surface area contributed by atoms with Crippen LogP contribution in [0.3, 0.4) is 0 Å². The Kier molecular flexibility index (Phi) is 8.17. The van der Waals surface area contributed by atoms with E-state index in [-0.39, 0.29) is 24.0 Å². The highest BCUT2D eigenvalue weighted by atomic mass is 127. The number of ether oxygens (including phenoxy) is 1. The summed E-state index contributed by atoms with van der Waals surface area (Å²) in [4.78, 5) is 6.69. The Balaban J connectivity index is 0.00000243. The molecule has 0 spiro atoms. The topological polar surface area (TPSA) is 66.7 Å². The van der Waals surface area contributed by atoms with E-state index in [0.29, 0.717) is 6.54 Å². The van der Waals surface area contributed by atoms with Crippen LogP contribution in [0, 0.1) is 0 Å². The van der Waals surface area contributed by atoms with Gasteiger partial charge in [-0.1, -0.05) is 18.2 Å². The Morgan fingerprint density at radius 3 is 2.58 bits per heavy atom. The van der Waals surface area contributed by atoms with E-state index in [0.717, 1.165) is 44.5 Å². The summed E-state index contributed by atoms with van der Waals surface area (Å²) in [6.07, 6.45) is 1.80. The molecule has 0 bridgehead atoms. The van der Waals surface area contributed by atoms with Crippen LogP contribution in [0.4, 0.5) is 5.69 Å². The van der Waals surface area contributed by atoms with Gasteiger partial charge in [0.2, 0.25) is 0 Å². The molecule has 8 heteroatoms. The Hall–Kier alpha value is -1.81. The predicted octanol–water partition coefficient (Wildman–Crippen LogP) is 1.74. The van der Waals surface area contributed by atoms with Crippen molar-refractivity contribution >= 4 is 35.6 Å². The van der Waals surface area contributed by atoms with E-state index in [4.69, 9.17) is 4.74 Å². The molecule has 2 N–H and O–H groups in total. The van der Waals surface area contributed by atoms with Gasteiger partial charge in [-0.25, -0.2) is 0 Å². The average Bonchev–Trinajstić information content (AvgIpc) is 3.08. The van der Waals surface area contributed by atoms with Crippen molar-refractivity contribution in [3.05, 3.63) is 47.8 Å². The molecule has 0 radical (unpaired) electrons. The number of guanidine groups is 1. The van der Waals surface area contributed by atoms with Crippen molar-refractivity contribution in [3.63, 3.8) is 0 Å². The predicted molar refractivity (Wildman–Crippen MR) is 115 cm³/mol. The monoisotopic (exact) mass is 470 g/mol. The van der Waals surface area contributed by atoms with Gasteiger partial charge in [0.05, 0.1) is 25.5 Å². The minimum atomic E-state index is 0. The quantitative estimate of drug-likeness (QED) is 0.396. The molecule has 26 heavy (non-hydrogen) atoms. The maximum Gasteiger partial charge on any atom is 0.191 e. The van der Waals surface area contributed by atoms with Gasteiger partial charge in [-0.2, -0.15) is 5.10 Å². The van der Waals surface area contributed by atoms with Gasteiger partial charge in [0.1, 0.15) is 0 Å². The maximum atomic E-state index is 5.46. The fourth-order valence-electron chi connectivity index (χ4n) is 2.92. The van der Waals surface area contributed by atoms with Crippen molar-refractivity contribution in [2.45, 2.75) is 13.1 Å². The number of rotatable bonds is 5. The SMILES string of the molecule is CN=C(NCc1ccccc1N1CCOCC1)NCc1ccnn1C.I. The number of aromatic nitrogens is 2. The van der Waals surface area contributed by atoms with Gasteiger partial charge >= 0.3 is 0 Å². The second-order valence-electron chi connectivity index (χ2n) is 5.95. The second kappa shape index (κ2) is 10.4. The van der Waals surface area contributed by atoms with Crippen molar-refractivity contribution in [1.29, 1.82) is 0 Å². The van der Waals surface area contributed by atoms with E-state index < -0.39 is 0 Å². The molecular weight excluding hydrogens is 443 g/mol. The molecule has 1 aliphatic rings. The van der Waals surface area contributed by atoms with Gasteiger partial charge in [-0.15, -0.1) is 24.0 Å². The molecule has 2 aromatic rings. The van der Waals surface area contributed by atoms with Crippen LogP contribution in [0.25, 0.3) is 0 Å². The molecule has 142 valence electrons. The molecule has 1 aromatic heterocycles. The Labute approximate surface area is 171 Å². The first-order valence-corrected chi connectivity index (χ1v) is 8.60. The number of nitrogens with one attached hydrogen (secondary N) is 2. The lowest BCUT2D eigenvalue weighted by molar-refractivity contribution is 0.122. The standard InChI is InChI=1S/C18H26N6O.HI/c1-19-18(21-14-16-7-8-22-23(16)2)20-13-15-5-3-4-6-17(15)24-9-11-25-12-10-24;/h3-8H,9-14H2,1-2H3,(H2,19,20,21);1H. The number of halogens is 1. The second-order valence-corrected chi connectivity index (χ2v) is 5.95. The first kappa shape index (κ1) is 20.5. The largest absolute Gasteiger partial charge is 0.378 e. The van der Waals surface area contributed by atoms with Crippen LogP contribution in [0.1, 0.15) is 11.3 Å². The van der Waals surface area contributed by atoms with E-state index in [9.17, 15) is 0 Å². The molecule has 7 nitrogen and oxygen atoms in total. The van der Waals surface area contributed by atoms with E-state index >= 15 is 0 Å². The summed E-state index contributed by atoms with van der Waals surface area (Å²) in [6.45, 7) is 4.85. The highest BCUT2D eigenvalue weighted by Crippen LogP contribution is 2.21. The van der Waals surface area contributed by atoms with Crippen LogP contribution in [-0.4, -0.2) is 49.1 Å². The highest BCUT2D eigenvalue weighted by molar-refractivity contribution is 14.0. The number of aryl methyl sites for hydroxylation is 1. The number of morpholine rings is 1. The third-order valence-corrected chi connectivity index (χ3v) is 4.37. The van der Waals surface area contributed by atoms with Crippen LogP contribution >= 0.6 is 24.0 Å². The molecule has 1 aliphatic heterocycles. The molecule has 0 amide bonds. The summed E-state index contributed by atoms with van der Waals surface area (Å²) in [6, 6.07) is 10.5. The summed E-state index contributed by atoms with van der Waals surface area (Å²) in [5.41, 5.74) is 3.63. The highest BCUT2D eigenvalue weighted by Gasteiger charge is 2.14. The van der Waals surface area contributed by atoms with Gasteiger partial charge < -0.3 is 20.3 Å². The Morgan fingerprint density at radius 1 is 1.15 bits per heavy atom. The normalized spacial score (nSPS) is 14.7. The number of nitrogens with zero attached hydrogens (tertiary/aromatic N) is 4. The Morgan fingerprint density at radius 2 is 1.88 bits per heavy atom. The first-order valence-electron chi connectivity index (χ1n) is 8.60. The van der Waals surface area contributed by atoms with E-state index in [1.165, 1.54) is 11.3 Å². The van der Waals surface area contributed by atoms with Crippen molar-refractivity contribution in [2.24, 2.45) is 12.0 Å². The maximum absolute atomic E-state index is 5.46. The lowest BCUT2D eigenvalue weighted by atomic mass is 10.1. The third kappa shape index (κ3) is 5.34. The fraction of sp³-hybridized carbons (Fsp3) is 0.444. The van der Waals surface area contributed by atoms with Crippen LogP contribution in [0.15, 0.2) is 41.5 Å². The number of hydrogen-bond acceptors (Lipinski definition) is 4. The molecule has 0 aliphatic carbocycles. The van der Waals surface area contributed by atoms with Crippen molar-refractivity contribution in [3.8, 4) is 0 Å². The van der Waals surface area contributed by atoms with Crippen molar-refractivity contribution in [1.82, 2.24) is 20.4 Å². The van der Waals surface area contributed by atoms with Crippen LogP contribution in [-0.2, 0) is 24.9 Å². The molecule has 1 aromatic carbocycles. The van der Waals surface area contributed by atoms with Crippen LogP contribution in [0.5, 0.6) is 0 Å². The van der Waals surface area contributed by atoms with Crippen LogP contribution < -0.4 is 15.5 Å². The summed E-state index contributed by atoms with van der Waals surface area (Å²) in [7, 11) is 3.72. The molecule has 1 fully saturated rings. The molecular formula is C18H27IN6O. The van der Waals surface area contributed by atoms with Crippen molar-refractivity contribution in [2.75, 3.05) is 38.3 Å². The minimum absolute atomic E-state index is 0. The van der Waals surface area contributed by atoms with Gasteiger partial charge in [0.25, 0.3) is 0 Å². The van der Waals surface area contributed by atoms with E-state index in [1.807, 2.05) is 17.8 Å². The zero-order valence-corrected chi connectivity index (χ0v) is 17.6. The number of benzene rings is 1. The first-order chi connectivity index (χ1) is 12.3. The fourth-order valence-corrected chi connectivity index (χ4v) is 2.92. The number of hydrogen-bond donors (Lipinski definition) is 2. The average molecular weight is 470 g/mol. The summed E-state index contributed by atoms with van der Waals surface area (Å²) in [5, 5.41) is 10.9. The van der Waals surface area contributed by atoms with E-state index in [2.05, 4.69) is 49.9 Å². The zero-order valence-electron chi connectivity index (χ0n) is 15.3. The minimum Gasteiger partial charge on any atom is -0.378 e. The lowest BCUT2D eigenvalue weighted by Gasteiger charge is -2.30. The molecule has 2 heterocycles. The number of para-hydroxylation sites is 1. The summed E-state index contributed by atoms with van der Waals surface area (Å²) in [5.74, 6) is 0.776. The lowest BCUT2D eigenvalue weighted by Crippen LogP contribution is -2.39. The smallest absolute Gasteiger partial charge is 0.191 e. The number of anilines is 1. The van der Waals surface area contributed by atoms with Gasteiger partial charge in [0, 0.05) is 45.6 Å². The zero-order chi connectivity index (χ0) is 17.5. The van der Waals surface area contributed by atoms with Crippen molar-refractivity contribution < 1.29 is 4.74 Å². The van der Waals surface area contributed by atoms with Gasteiger partial charge in [0.15, 0.2) is 5.96 Å². The van der Waals surface area contributed by atoms with Gasteiger partial charge in [-0.05, 0) is 17.7 Å². The molecule has 1 saturated heterocycles. The summed E-state index contributed by atoms with van der Waals surface area (Å²) < 4.78 is 7.32. The Bertz CT molecular complexity index is 711.